The number of benzene rings is 3. The van der Waals surface area contributed by atoms with Gasteiger partial charge in [0.05, 0.1) is 22.9 Å². The van der Waals surface area contributed by atoms with Gasteiger partial charge in [-0.1, -0.05) is 62.4 Å². The average molecular weight is 683 g/mol. The molecule has 0 bridgehead atoms. The fourth-order valence-corrected chi connectivity index (χ4v) is 8.53. The van der Waals surface area contributed by atoms with Crippen molar-refractivity contribution in [2.45, 2.75) is 95.7 Å². The number of aryl methyl sites for hydroxylation is 1. The second-order valence-corrected chi connectivity index (χ2v) is 16.3. The van der Waals surface area contributed by atoms with Gasteiger partial charge in [-0.3, -0.25) is 9.10 Å². The van der Waals surface area contributed by atoms with Crippen LogP contribution >= 0.6 is 0 Å². The molecule has 6 nitrogen and oxygen atoms in total. The number of Topliss-reactive ketones (excluding diaryl/α,β-unsaturated/α-hetero) is 1. The summed E-state index contributed by atoms with van der Waals surface area (Å²) in [6.07, 6.45) is -0.823. The van der Waals surface area contributed by atoms with E-state index in [9.17, 15) is 31.5 Å². The second-order valence-electron chi connectivity index (χ2n) is 13.7. The van der Waals surface area contributed by atoms with Crippen LogP contribution in [0.1, 0.15) is 91.9 Å². The zero-order valence-electron chi connectivity index (χ0n) is 28.2. The molecular formula is C38H45F3N2O4S. The first kappa shape index (κ1) is 35.7. The topological polar surface area (TPSA) is 79.6 Å². The number of nitrogens with zero attached hydrogens (tertiary/aromatic N) is 2. The van der Waals surface area contributed by atoms with E-state index >= 15 is 0 Å². The van der Waals surface area contributed by atoms with E-state index in [0.29, 0.717) is 48.9 Å². The molecule has 0 saturated carbocycles. The third kappa shape index (κ3) is 7.06. The zero-order chi connectivity index (χ0) is 35.0. The predicted molar refractivity (Wildman–Crippen MR) is 185 cm³/mol. The molecule has 1 aromatic heterocycles. The Hall–Kier alpha value is -3.63. The summed E-state index contributed by atoms with van der Waals surface area (Å²) >= 11 is 0. The highest BCUT2D eigenvalue weighted by molar-refractivity contribution is 7.94. The number of ketones is 1. The number of sulfonamides is 1. The lowest BCUT2D eigenvalue weighted by Gasteiger charge is -2.29. The van der Waals surface area contributed by atoms with Crippen LogP contribution in [-0.4, -0.2) is 41.8 Å². The standard InChI is InChI=1S/C38H45F3N2O4S/c1-6-26(28-14-11-15-31(19-28)38(39,40)41)16-17-34(44)29(18-25-12-9-8-10-13-25)22-35(45)30-20-32-27(7-2)23-43-24-37(3,4)48(46,47)42(5)33(21-30)36(32)43/h8-15,19-21,23,26,29,34,44H,6-7,16-18,22,24H2,1-5H3/t26-,29+,34+/m0/s1. The van der Waals surface area contributed by atoms with Crippen LogP contribution in [0.25, 0.3) is 10.9 Å². The van der Waals surface area contributed by atoms with Gasteiger partial charge in [0, 0.05) is 37.2 Å². The molecule has 5 rings (SSSR count). The number of halogens is 3. The molecule has 3 aromatic carbocycles. The summed E-state index contributed by atoms with van der Waals surface area (Å²) < 4.78 is 69.7. The molecule has 0 aliphatic carbocycles. The number of aliphatic hydroxyl groups excluding tert-OH is 1. The number of carbonyl (C=O) groups excluding carboxylic acids is 1. The van der Waals surface area contributed by atoms with Gasteiger partial charge in [-0.25, -0.2) is 8.42 Å². The van der Waals surface area contributed by atoms with E-state index in [1.165, 1.54) is 23.5 Å². The molecule has 48 heavy (non-hydrogen) atoms. The number of aliphatic hydroxyl groups is 1. The third-order valence-corrected chi connectivity index (χ3v) is 12.5. The molecule has 1 N–H and O–H groups in total. The predicted octanol–water partition coefficient (Wildman–Crippen LogP) is 8.55. The minimum absolute atomic E-state index is 0.0193. The lowest BCUT2D eigenvalue weighted by Crippen LogP contribution is -2.44. The Bertz CT molecular complexity index is 1880. The quantitative estimate of drug-likeness (QED) is 0.152. The highest BCUT2D eigenvalue weighted by atomic mass is 32.2. The van der Waals surface area contributed by atoms with Crippen molar-refractivity contribution in [2.24, 2.45) is 5.92 Å². The van der Waals surface area contributed by atoms with Crippen molar-refractivity contribution < 1.29 is 31.5 Å². The second kappa shape index (κ2) is 13.7. The van der Waals surface area contributed by atoms with E-state index in [1.54, 1.807) is 26.0 Å². The van der Waals surface area contributed by atoms with Crippen LogP contribution in [0.5, 0.6) is 0 Å². The molecule has 1 aliphatic rings. The summed E-state index contributed by atoms with van der Waals surface area (Å²) in [7, 11) is -2.22. The van der Waals surface area contributed by atoms with E-state index in [0.717, 1.165) is 28.1 Å². The molecular weight excluding hydrogens is 637 g/mol. The summed E-state index contributed by atoms with van der Waals surface area (Å²) in [5.41, 5.74) is 3.47. The Morgan fingerprint density at radius 3 is 2.35 bits per heavy atom. The molecule has 4 aromatic rings. The van der Waals surface area contributed by atoms with Crippen molar-refractivity contribution in [3.63, 3.8) is 0 Å². The number of anilines is 1. The van der Waals surface area contributed by atoms with Crippen molar-refractivity contribution in [1.82, 2.24) is 4.57 Å². The highest BCUT2D eigenvalue weighted by Gasteiger charge is 2.42. The number of aromatic nitrogens is 1. The van der Waals surface area contributed by atoms with Crippen LogP contribution in [0.4, 0.5) is 18.9 Å². The van der Waals surface area contributed by atoms with Gasteiger partial charge in [0.2, 0.25) is 10.0 Å². The SMILES string of the molecule is CCc1cn2c3c(cc(C(=O)C[C@@H](Cc4ccccc4)[C@H](O)CC[C@H](CC)c4cccc(C(F)(F)F)c4)cc13)N(C)S(=O)(=O)C(C)(C)C2. The molecule has 0 spiro atoms. The molecule has 0 unspecified atom stereocenters. The first-order valence-corrected chi connectivity index (χ1v) is 18.1. The van der Waals surface area contributed by atoms with E-state index in [2.05, 4.69) is 0 Å². The summed E-state index contributed by atoms with van der Waals surface area (Å²) in [4.78, 5) is 14.1. The Morgan fingerprint density at radius 2 is 1.71 bits per heavy atom. The largest absolute Gasteiger partial charge is 0.416 e. The summed E-state index contributed by atoms with van der Waals surface area (Å²) in [5.74, 6) is -0.862. The normalized spacial score (nSPS) is 17.6. The van der Waals surface area contributed by atoms with Gasteiger partial charge in [-0.2, -0.15) is 13.2 Å². The van der Waals surface area contributed by atoms with Crippen molar-refractivity contribution >= 4 is 32.4 Å². The fraction of sp³-hybridized carbons (Fsp3) is 0.447. The van der Waals surface area contributed by atoms with Crippen LogP contribution in [-0.2, 0) is 35.6 Å². The van der Waals surface area contributed by atoms with Crippen LogP contribution < -0.4 is 4.31 Å². The highest BCUT2D eigenvalue weighted by Crippen LogP contribution is 2.41. The van der Waals surface area contributed by atoms with E-state index in [-0.39, 0.29) is 24.7 Å². The van der Waals surface area contributed by atoms with Crippen LogP contribution in [0, 0.1) is 5.92 Å². The fourth-order valence-electron chi connectivity index (χ4n) is 7.09. The zero-order valence-corrected chi connectivity index (χ0v) is 29.0. The van der Waals surface area contributed by atoms with Crippen LogP contribution in [0.3, 0.4) is 0 Å². The van der Waals surface area contributed by atoms with Crippen molar-refractivity contribution in [3.8, 4) is 0 Å². The van der Waals surface area contributed by atoms with E-state index < -0.39 is 38.5 Å². The van der Waals surface area contributed by atoms with Crippen molar-refractivity contribution in [1.29, 1.82) is 0 Å². The molecule has 258 valence electrons. The molecule has 3 atom stereocenters. The maximum Gasteiger partial charge on any atom is 0.416 e. The molecule has 0 saturated heterocycles. The summed E-state index contributed by atoms with van der Waals surface area (Å²) in [6.45, 7) is 7.64. The first-order chi connectivity index (χ1) is 22.6. The molecule has 0 radical (unpaired) electrons. The molecule has 1 aliphatic heterocycles. The van der Waals surface area contributed by atoms with Crippen LogP contribution in [0.2, 0.25) is 0 Å². The first-order valence-electron chi connectivity index (χ1n) is 16.6. The van der Waals surface area contributed by atoms with Gasteiger partial charge in [0.25, 0.3) is 0 Å². The Kier molecular flexibility index (Phi) is 10.2. The van der Waals surface area contributed by atoms with Gasteiger partial charge in [0.1, 0.15) is 4.75 Å². The van der Waals surface area contributed by atoms with E-state index in [4.69, 9.17) is 0 Å². The monoisotopic (exact) mass is 682 g/mol. The van der Waals surface area contributed by atoms with E-state index in [1.807, 2.05) is 61.0 Å². The number of hydrogen-bond donors (Lipinski definition) is 1. The molecule has 2 heterocycles. The number of hydrogen-bond acceptors (Lipinski definition) is 4. The number of carbonyl (C=O) groups is 1. The van der Waals surface area contributed by atoms with Gasteiger partial charge in [-0.15, -0.1) is 0 Å². The Labute approximate surface area is 281 Å². The molecule has 0 amide bonds. The third-order valence-electron chi connectivity index (χ3n) is 10.0. The van der Waals surface area contributed by atoms with Gasteiger partial charge in [0.15, 0.2) is 5.78 Å². The molecule has 0 fully saturated rings. The van der Waals surface area contributed by atoms with Gasteiger partial charge < -0.3 is 9.67 Å². The Balaban J connectivity index is 1.45. The maximum atomic E-state index is 14.1. The lowest BCUT2D eigenvalue weighted by atomic mass is 9.83. The smallest absolute Gasteiger partial charge is 0.393 e. The van der Waals surface area contributed by atoms with Crippen molar-refractivity contribution in [2.75, 3.05) is 11.4 Å². The van der Waals surface area contributed by atoms with Crippen molar-refractivity contribution in [3.05, 3.63) is 101 Å². The summed E-state index contributed by atoms with van der Waals surface area (Å²) in [6, 6.07) is 18.5. The van der Waals surface area contributed by atoms with Gasteiger partial charge in [-0.05, 0) is 92.7 Å². The Morgan fingerprint density at radius 1 is 1.00 bits per heavy atom. The lowest BCUT2D eigenvalue weighted by molar-refractivity contribution is -0.137. The minimum Gasteiger partial charge on any atom is -0.393 e. The number of rotatable bonds is 12. The number of alkyl halides is 3. The van der Waals surface area contributed by atoms with Crippen LogP contribution in [0.15, 0.2) is 72.9 Å². The maximum absolute atomic E-state index is 14.1. The summed E-state index contributed by atoms with van der Waals surface area (Å²) in [5, 5.41) is 12.4. The average Bonchev–Trinajstić information content (AvgIpc) is 3.38. The van der Waals surface area contributed by atoms with Gasteiger partial charge >= 0.3 is 6.18 Å². The molecule has 10 heteroatoms. The minimum atomic E-state index is -4.44.